The molecule has 0 bridgehead atoms. The summed E-state index contributed by atoms with van der Waals surface area (Å²) >= 11 is 0. The summed E-state index contributed by atoms with van der Waals surface area (Å²) in [4.78, 5) is 12.0. The minimum Gasteiger partial charge on any atom is -0.315 e. The number of allylic oxidation sites excluding steroid dienone is 1. The Balaban J connectivity index is 2.81. The van der Waals surface area contributed by atoms with Gasteiger partial charge >= 0.3 is 0 Å². The van der Waals surface area contributed by atoms with Crippen LogP contribution in [0.25, 0.3) is 16.8 Å². The molecule has 0 radical (unpaired) electrons. The minimum atomic E-state index is 0.0713. The lowest BCUT2D eigenvalue weighted by molar-refractivity contribution is 0.830. The van der Waals surface area contributed by atoms with Gasteiger partial charge in [-0.25, -0.2) is 0 Å². The Hall–Kier alpha value is -1.83. The smallest absolute Gasteiger partial charge is 0.258 e. The van der Waals surface area contributed by atoms with E-state index in [0.29, 0.717) is 0 Å². The van der Waals surface area contributed by atoms with Gasteiger partial charge in [0.25, 0.3) is 5.56 Å². The van der Waals surface area contributed by atoms with Crippen LogP contribution in [0.4, 0.5) is 0 Å². The molecular weight excluding hydrogens is 198 g/mol. The molecule has 1 aromatic carbocycles. The first-order chi connectivity index (χ1) is 7.63. The van der Waals surface area contributed by atoms with Crippen molar-refractivity contribution in [2.45, 2.75) is 13.8 Å². The highest BCUT2D eigenvalue weighted by molar-refractivity contribution is 5.84. The maximum Gasteiger partial charge on any atom is 0.258 e. The summed E-state index contributed by atoms with van der Waals surface area (Å²) in [5.74, 6) is 0. The van der Waals surface area contributed by atoms with Gasteiger partial charge in [0.1, 0.15) is 0 Å². The van der Waals surface area contributed by atoms with Crippen LogP contribution < -0.4 is 5.56 Å². The second-order valence-corrected chi connectivity index (χ2v) is 4.00. The molecule has 0 N–H and O–H groups in total. The van der Waals surface area contributed by atoms with E-state index >= 15 is 0 Å². The molecule has 0 fully saturated rings. The van der Waals surface area contributed by atoms with E-state index in [1.165, 1.54) is 0 Å². The predicted octanol–water partition coefficient (Wildman–Crippen LogP) is 2.88. The summed E-state index contributed by atoms with van der Waals surface area (Å²) in [6, 6.07) is 7.96. The molecule has 1 aromatic heterocycles. The number of hydrogen-bond donors (Lipinski definition) is 0. The number of aromatic nitrogens is 1. The van der Waals surface area contributed by atoms with Crippen LogP contribution in [0.5, 0.6) is 0 Å². The van der Waals surface area contributed by atoms with Gasteiger partial charge in [-0.15, -0.1) is 0 Å². The lowest BCUT2D eigenvalue weighted by atomic mass is 10.1. The van der Waals surface area contributed by atoms with Crippen LogP contribution in [0.3, 0.4) is 0 Å². The monoisotopic (exact) mass is 213 g/mol. The number of hydrogen-bond acceptors (Lipinski definition) is 1. The molecule has 0 aliphatic rings. The number of pyridine rings is 1. The SMILES string of the molecule is C/C=C/c1ccc2c(=O)n(C)c(C)cc2c1. The van der Waals surface area contributed by atoms with Crippen LogP contribution in [-0.2, 0) is 7.05 Å². The molecule has 2 aromatic rings. The second-order valence-electron chi connectivity index (χ2n) is 4.00. The van der Waals surface area contributed by atoms with Gasteiger partial charge in [-0.1, -0.05) is 18.2 Å². The van der Waals surface area contributed by atoms with Crippen molar-refractivity contribution >= 4 is 16.8 Å². The van der Waals surface area contributed by atoms with E-state index in [9.17, 15) is 4.79 Å². The molecule has 0 amide bonds. The van der Waals surface area contributed by atoms with E-state index in [2.05, 4.69) is 0 Å². The van der Waals surface area contributed by atoms with Gasteiger partial charge in [0.2, 0.25) is 0 Å². The van der Waals surface area contributed by atoms with Crippen molar-refractivity contribution in [2.24, 2.45) is 7.05 Å². The zero-order valence-corrected chi connectivity index (χ0v) is 9.82. The standard InChI is InChI=1S/C14H15NO/c1-4-5-11-6-7-13-12(9-11)8-10(2)15(3)14(13)16/h4-9H,1-3H3/b5-4+. The van der Waals surface area contributed by atoms with Crippen molar-refractivity contribution in [2.75, 3.05) is 0 Å². The number of fused-ring (bicyclic) bond motifs is 1. The van der Waals surface area contributed by atoms with Gasteiger partial charge in [0.15, 0.2) is 0 Å². The zero-order valence-electron chi connectivity index (χ0n) is 9.82. The minimum absolute atomic E-state index is 0.0713. The van der Waals surface area contributed by atoms with Gasteiger partial charge < -0.3 is 4.57 Å². The van der Waals surface area contributed by atoms with Crippen LogP contribution >= 0.6 is 0 Å². The van der Waals surface area contributed by atoms with Gasteiger partial charge in [0.05, 0.1) is 0 Å². The Labute approximate surface area is 94.8 Å². The highest BCUT2D eigenvalue weighted by Gasteiger charge is 2.03. The Bertz CT molecular complexity index is 620. The van der Waals surface area contributed by atoms with Gasteiger partial charge in [-0.05, 0) is 43.0 Å². The fourth-order valence-corrected chi connectivity index (χ4v) is 1.85. The molecule has 16 heavy (non-hydrogen) atoms. The summed E-state index contributed by atoms with van der Waals surface area (Å²) in [7, 11) is 1.80. The first kappa shape index (κ1) is 10.7. The zero-order chi connectivity index (χ0) is 11.7. The largest absolute Gasteiger partial charge is 0.315 e. The molecule has 0 aliphatic carbocycles. The Morgan fingerprint density at radius 3 is 2.69 bits per heavy atom. The molecule has 82 valence electrons. The van der Waals surface area contributed by atoms with Crippen molar-refractivity contribution in [3.63, 3.8) is 0 Å². The first-order valence-corrected chi connectivity index (χ1v) is 5.36. The van der Waals surface area contributed by atoms with Crippen LogP contribution in [-0.4, -0.2) is 4.57 Å². The second kappa shape index (κ2) is 3.97. The van der Waals surface area contributed by atoms with Crippen molar-refractivity contribution in [1.29, 1.82) is 0 Å². The lowest BCUT2D eigenvalue weighted by Crippen LogP contribution is -2.18. The molecule has 2 rings (SSSR count). The summed E-state index contributed by atoms with van der Waals surface area (Å²) < 4.78 is 1.68. The molecule has 2 heteroatoms. The van der Waals surface area contributed by atoms with E-state index in [-0.39, 0.29) is 5.56 Å². The van der Waals surface area contributed by atoms with Crippen molar-refractivity contribution < 1.29 is 0 Å². The highest BCUT2D eigenvalue weighted by atomic mass is 16.1. The van der Waals surface area contributed by atoms with Crippen molar-refractivity contribution in [3.8, 4) is 0 Å². The third-order valence-electron chi connectivity index (χ3n) is 2.86. The average molecular weight is 213 g/mol. The van der Waals surface area contributed by atoms with Crippen molar-refractivity contribution in [3.05, 3.63) is 52.0 Å². The van der Waals surface area contributed by atoms with Crippen LogP contribution in [0.15, 0.2) is 35.1 Å². The van der Waals surface area contributed by atoms with Crippen LogP contribution in [0.1, 0.15) is 18.2 Å². The lowest BCUT2D eigenvalue weighted by Gasteiger charge is -2.06. The van der Waals surface area contributed by atoms with Crippen LogP contribution in [0, 0.1) is 6.92 Å². The molecular formula is C14H15NO. The fraction of sp³-hybridized carbons (Fsp3) is 0.214. The Kier molecular flexibility index (Phi) is 2.65. The maximum absolute atomic E-state index is 12.0. The molecule has 0 atom stereocenters. The van der Waals surface area contributed by atoms with E-state index in [1.807, 2.05) is 50.3 Å². The predicted molar refractivity (Wildman–Crippen MR) is 68.6 cm³/mol. The number of rotatable bonds is 1. The summed E-state index contributed by atoms with van der Waals surface area (Å²) in [6.07, 6.45) is 4.03. The average Bonchev–Trinajstić information content (AvgIpc) is 2.26. The third kappa shape index (κ3) is 1.67. The van der Waals surface area contributed by atoms with Gasteiger partial charge in [-0.3, -0.25) is 4.79 Å². The van der Waals surface area contributed by atoms with E-state index in [1.54, 1.807) is 11.6 Å². The molecule has 0 saturated carbocycles. The molecule has 2 nitrogen and oxygen atoms in total. The number of benzene rings is 1. The Morgan fingerprint density at radius 1 is 1.25 bits per heavy atom. The van der Waals surface area contributed by atoms with Crippen molar-refractivity contribution in [1.82, 2.24) is 4.57 Å². The number of aryl methyl sites for hydroxylation is 1. The molecule has 0 unspecified atom stereocenters. The van der Waals surface area contributed by atoms with Gasteiger partial charge in [0, 0.05) is 18.1 Å². The third-order valence-corrected chi connectivity index (χ3v) is 2.86. The van der Waals surface area contributed by atoms with E-state index in [0.717, 1.165) is 22.0 Å². The van der Waals surface area contributed by atoms with Gasteiger partial charge in [-0.2, -0.15) is 0 Å². The molecule has 0 saturated heterocycles. The first-order valence-electron chi connectivity index (χ1n) is 5.36. The van der Waals surface area contributed by atoms with E-state index in [4.69, 9.17) is 0 Å². The molecule has 1 heterocycles. The topological polar surface area (TPSA) is 22.0 Å². The molecule has 0 aliphatic heterocycles. The quantitative estimate of drug-likeness (QED) is 0.714. The summed E-state index contributed by atoms with van der Waals surface area (Å²) in [5, 5.41) is 1.79. The molecule has 0 spiro atoms. The number of nitrogens with zero attached hydrogens (tertiary/aromatic N) is 1. The van der Waals surface area contributed by atoms with Crippen LogP contribution in [0.2, 0.25) is 0 Å². The summed E-state index contributed by atoms with van der Waals surface area (Å²) in [5.41, 5.74) is 2.18. The maximum atomic E-state index is 12.0. The van der Waals surface area contributed by atoms with E-state index < -0.39 is 0 Å². The fourth-order valence-electron chi connectivity index (χ4n) is 1.85. The normalized spacial score (nSPS) is 11.4. The summed E-state index contributed by atoms with van der Waals surface area (Å²) in [6.45, 7) is 3.93. The highest BCUT2D eigenvalue weighted by Crippen LogP contribution is 2.15. The Morgan fingerprint density at radius 2 is 2.00 bits per heavy atom.